The fraction of sp³-hybridized carbons (Fsp3) is 0.542. The van der Waals surface area contributed by atoms with Crippen LogP contribution >= 0.6 is 0 Å². The van der Waals surface area contributed by atoms with Gasteiger partial charge in [0, 0.05) is 47.4 Å². The highest BCUT2D eigenvalue weighted by Gasteiger charge is 2.30. The van der Waals surface area contributed by atoms with E-state index in [0.29, 0.717) is 11.1 Å². The number of ether oxygens (including phenoxy) is 1. The number of hydrogen-bond acceptors (Lipinski definition) is 5. The Morgan fingerprint density at radius 3 is 2.43 bits per heavy atom. The van der Waals surface area contributed by atoms with Crippen molar-refractivity contribution in [2.45, 2.75) is 66.9 Å². The van der Waals surface area contributed by atoms with Gasteiger partial charge in [0.25, 0.3) is 0 Å². The van der Waals surface area contributed by atoms with E-state index in [2.05, 4.69) is 28.7 Å². The van der Waals surface area contributed by atoms with Crippen molar-refractivity contribution in [3.05, 3.63) is 41.2 Å². The molecule has 3 heterocycles. The number of aryl methyl sites for hydroxylation is 2. The number of aromatic nitrogens is 2. The van der Waals surface area contributed by atoms with Gasteiger partial charge in [0.2, 0.25) is 5.95 Å². The zero-order valence-corrected chi connectivity index (χ0v) is 18.9. The van der Waals surface area contributed by atoms with Crippen LogP contribution in [0.15, 0.2) is 18.3 Å². The zero-order chi connectivity index (χ0) is 22.1. The summed E-state index contributed by atoms with van der Waals surface area (Å²) in [6.45, 7) is 13.8. The maximum absolute atomic E-state index is 13.6. The molecule has 0 unspecified atom stereocenters. The van der Waals surface area contributed by atoms with E-state index in [4.69, 9.17) is 4.74 Å². The van der Waals surface area contributed by atoms with Crippen molar-refractivity contribution >= 4 is 11.7 Å². The standard InChI is InChI=1S/C24H32FN3O2/c1-15(2)30-22(29)13-19-16(3)26-14-20(18-7-8-21(25)27-17(18)4)23(19)28-11-9-24(5,6)10-12-28/h7-8,14-15H,9-13H2,1-6H3. The van der Waals surface area contributed by atoms with Gasteiger partial charge in [0.05, 0.1) is 18.2 Å². The molecule has 5 nitrogen and oxygen atoms in total. The van der Waals surface area contributed by atoms with E-state index in [1.807, 2.05) is 27.0 Å². The number of anilines is 1. The average Bonchev–Trinajstić information content (AvgIpc) is 2.63. The number of halogens is 1. The predicted octanol–water partition coefficient (Wildman–Crippen LogP) is 5.02. The fourth-order valence-electron chi connectivity index (χ4n) is 4.00. The Balaban J connectivity index is 2.12. The number of rotatable bonds is 5. The molecule has 1 fully saturated rings. The van der Waals surface area contributed by atoms with Gasteiger partial charge in [-0.25, -0.2) is 4.98 Å². The largest absolute Gasteiger partial charge is 0.463 e. The van der Waals surface area contributed by atoms with E-state index in [1.54, 1.807) is 13.0 Å². The summed E-state index contributed by atoms with van der Waals surface area (Å²) < 4.78 is 19.1. The third-order valence-electron chi connectivity index (χ3n) is 5.83. The minimum absolute atomic E-state index is 0.160. The molecule has 2 aromatic rings. The summed E-state index contributed by atoms with van der Waals surface area (Å²) in [5, 5.41) is 0. The molecule has 3 rings (SSSR count). The fourth-order valence-corrected chi connectivity index (χ4v) is 4.00. The van der Waals surface area contributed by atoms with Gasteiger partial charge in [-0.3, -0.25) is 9.78 Å². The van der Waals surface area contributed by atoms with E-state index >= 15 is 0 Å². The second-order valence-corrected chi connectivity index (χ2v) is 9.22. The van der Waals surface area contributed by atoms with Gasteiger partial charge in [0.1, 0.15) is 0 Å². The number of pyridine rings is 2. The van der Waals surface area contributed by atoms with Crippen LogP contribution in [0.3, 0.4) is 0 Å². The first kappa shape index (κ1) is 22.2. The predicted molar refractivity (Wildman–Crippen MR) is 117 cm³/mol. The number of nitrogens with zero attached hydrogens (tertiary/aromatic N) is 3. The van der Waals surface area contributed by atoms with Crippen molar-refractivity contribution in [1.29, 1.82) is 0 Å². The van der Waals surface area contributed by atoms with Crippen LogP contribution in [-0.2, 0) is 16.0 Å². The minimum atomic E-state index is -0.502. The van der Waals surface area contributed by atoms with Crippen LogP contribution in [0.1, 0.15) is 57.5 Å². The van der Waals surface area contributed by atoms with Crippen molar-refractivity contribution in [3.8, 4) is 11.1 Å². The van der Waals surface area contributed by atoms with E-state index in [-0.39, 0.29) is 18.5 Å². The van der Waals surface area contributed by atoms with E-state index < -0.39 is 5.95 Å². The minimum Gasteiger partial charge on any atom is -0.463 e. The Kier molecular flexibility index (Phi) is 6.44. The molecule has 30 heavy (non-hydrogen) atoms. The molecule has 0 aromatic carbocycles. The number of hydrogen-bond donors (Lipinski definition) is 0. The van der Waals surface area contributed by atoms with E-state index in [1.165, 1.54) is 6.07 Å². The molecule has 0 saturated carbocycles. The maximum Gasteiger partial charge on any atom is 0.310 e. The second kappa shape index (κ2) is 8.70. The normalized spacial score (nSPS) is 16.1. The quantitative estimate of drug-likeness (QED) is 0.509. The lowest BCUT2D eigenvalue weighted by Crippen LogP contribution is -2.38. The molecule has 0 bridgehead atoms. The highest BCUT2D eigenvalue weighted by Crippen LogP contribution is 2.40. The van der Waals surface area contributed by atoms with Crippen LogP contribution < -0.4 is 4.90 Å². The summed E-state index contributed by atoms with van der Waals surface area (Å²) in [6.07, 6.45) is 3.93. The molecule has 162 valence electrons. The summed E-state index contributed by atoms with van der Waals surface area (Å²) in [5.74, 6) is -0.766. The van der Waals surface area contributed by atoms with Gasteiger partial charge in [-0.15, -0.1) is 0 Å². The zero-order valence-electron chi connectivity index (χ0n) is 18.9. The van der Waals surface area contributed by atoms with E-state index in [0.717, 1.165) is 54.0 Å². The van der Waals surface area contributed by atoms with Gasteiger partial charge in [-0.1, -0.05) is 13.8 Å². The number of carbonyl (C=O) groups is 1. The van der Waals surface area contributed by atoms with E-state index in [9.17, 15) is 9.18 Å². The van der Waals surface area contributed by atoms with Crippen LogP contribution in [0, 0.1) is 25.2 Å². The van der Waals surface area contributed by atoms with Crippen LogP contribution in [0.25, 0.3) is 11.1 Å². The van der Waals surface area contributed by atoms with Crippen molar-refractivity contribution < 1.29 is 13.9 Å². The Morgan fingerprint density at radius 1 is 1.17 bits per heavy atom. The van der Waals surface area contributed by atoms with Crippen LogP contribution in [-0.4, -0.2) is 35.1 Å². The Morgan fingerprint density at radius 2 is 1.83 bits per heavy atom. The number of piperidine rings is 1. The van der Waals surface area contributed by atoms with Crippen molar-refractivity contribution in [3.63, 3.8) is 0 Å². The topological polar surface area (TPSA) is 55.3 Å². The summed E-state index contributed by atoms with van der Waals surface area (Å²) in [7, 11) is 0. The summed E-state index contributed by atoms with van der Waals surface area (Å²) >= 11 is 0. The molecule has 0 N–H and O–H groups in total. The molecular weight excluding hydrogens is 381 g/mol. The number of esters is 1. The molecule has 0 atom stereocenters. The first-order chi connectivity index (χ1) is 14.1. The highest BCUT2D eigenvalue weighted by molar-refractivity contribution is 5.85. The third kappa shape index (κ3) is 4.97. The molecule has 0 spiro atoms. The van der Waals surface area contributed by atoms with Crippen LogP contribution in [0.4, 0.5) is 10.1 Å². The van der Waals surface area contributed by atoms with Crippen molar-refractivity contribution in [2.24, 2.45) is 5.41 Å². The SMILES string of the molecule is Cc1nc(F)ccc1-c1cnc(C)c(CC(=O)OC(C)C)c1N1CCC(C)(C)CC1. The molecule has 1 aliphatic heterocycles. The first-order valence-electron chi connectivity index (χ1n) is 10.6. The molecule has 1 aliphatic rings. The average molecular weight is 414 g/mol. The van der Waals surface area contributed by atoms with Gasteiger partial charge in [0.15, 0.2) is 0 Å². The monoisotopic (exact) mass is 413 g/mol. The Hall–Kier alpha value is -2.50. The van der Waals surface area contributed by atoms with Gasteiger partial charge in [-0.2, -0.15) is 4.39 Å². The lowest BCUT2D eigenvalue weighted by Gasteiger charge is -2.40. The van der Waals surface area contributed by atoms with Crippen molar-refractivity contribution in [1.82, 2.24) is 9.97 Å². The van der Waals surface area contributed by atoms with Crippen LogP contribution in [0.5, 0.6) is 0 Å². The molecule has 0 radical (unpaired) electrons. The lowest BCUT2D eigenvalue weighted by atomic mass is 9.82. The lowest BCUT2D eigenvalue weighted by molar-refractivity contribution is -0.146. The molecule has 6 heteroatoms. The number of carbonyl (C=O) groups excluding carboxylic acids is 1. The summed E-state index contributed by atoms with van der Waals surface area (Å²) in [5.41, 5.74) is 5.31. The van der Waals surface area contributed by atoms with Gasteiger partial charge in [-0.05, 0) is 58.1 Å². The highest BCUT2D eigenvalue weighted by atomic mass is 19.1. The first-order valence-corrected chi connectivity index (χ1v) is 10.6. The Labute approximate surface area is 178 Å². The smallest absolute Gasteiger partial charge is 0.310 e. The molecular formula is C24H32FN3O2. The maximum atomic E-state index is 13.6. The summed E-state index contributed by atoms with van der Waals surface area (Å²) in [4.78, 5) is 23.5. The van der Waals surface area contributed by atoms with Gasteiger partial charge < -0.3 is 9.64 Å². The van der Waals surface area contributed by atoms with Crippen molar-refractivity contribution in [2.75, 3.05) is 18.0 Å². The summed E-state index contributed by atoms with van der Waals surface area (Å²) in [6, 6.07) is 3.12. The third-order valence-corrected chi connectivity index (χ3v) is 5.83. The second-order valence-electron chi connectivity index (χ2n) is 9.22. The molecule has 0 amide bonds. The molecule has 1 saturated heterocycles. The molecule has 0 aliphatic carbocycles. The molecule has 2 aromatic heterocycles. The Bertz CT molecular complexity index is 930. The van der Waals surface area contributed by atoms with Crippen LogP contribution in [0.2, 0.25) is 0 Å². The van der Waals surface area contributed by atoms with Gasteiger partial charge >= 0.3 is 5.97 Å².